The molecule has 0 saturated heterocycles. The van der Waals surface area contributed by atoms with Gasteiger partial charge in [-0.3, -0.25) is 4.79 Å². The molecule has 0 aromatic carbocycles. The molecule has 1 rings (SSSR count). The molecule has 1 aromatic rings. The molecule has 1 aromatic heterocycles. The van der Waals surface area contributed by atoms with Crippen LogP contribution >= 0.6 is 15.9 Å². The Morgan fingerprint density at radius 3 is 2.93 bits per heavy atom. The van der Waals surface area contributed by atoms with E-state index in [1.165, 1.54) is 6.20 Å². The van der Waals surface area contributed by atoms with E-state index in [1.807, 2.05) is 6.92 Å². The van der Waals surface area contributed by atoms with Gasteiger partial charge in [-0.15, -0.1) is 0 Å². The maximum atomic E-state index is 10.6. The quantitative estimate of drug-likeness (QED) is 0.842. The van der Waals surface area contributed by atoms with Gasteiger partial charge in [0.1, 0.15) is 11.9 Å². The Balaban J connectivity index is 3.11. The van der Waals surface area contributed by atoms with Gasteiger partial charge in [0.15, 0.2) is 0 Å². The van der Waals surface area contributed by atoms with Gasteiger partial charge in [-0.1, -0.05) is 6.92 Å². The van der Waals surface area contributed by atoms with Crippen LogP contribution in [-0.2, 0) is 11.2 Å². The van der Waals surface area contributed by atoms with Crippen molar-refractivity contribution < 1.29 is 9.90 Å². The van der Waals surface area contributed by atoms with Crippen LogP contribution in [0.4, 0.5) is 0 Å². The Bertz CT molecular complexity index is 356. The molecular weight excluding hydrogens is 250 g/mol. The summed E-state index contributed by atoms with van der Waals surface area (Å²) < 4.78 is 0.518. The minimum atomic E-state index is -1.11. The largest absolute Gasteiger partial charge is 0.480 e. The van der Waals surface area contributed by atoms with E-state index in [-0.39, 0.29) is 0 Å². The van der Waals surface area contributed by atoms with E-state index in [9.17, 15) is 4.79 Å². The van der Waals surface area contributed by atoms with Crippen molar-refractivity contribution in [2.45, 2.75) is 19.4 Å². The fraction of sp³-hybridized carbons (Fsp3) is 0.375. The van der Waals surface area contributed by atoms with E-state index in [0.29, 0.717) is 22.4 Å². The van der Waals surface area contributed by atoms with Gasteiger partial charge in [0.25, 0.3) is 0 Å². The number of nitrogens with two attached hydrogens (primary N) is 1. The van der Waals surface area contributed by atoms with Crippen molar-refractivity contribution in [2.75, 3.05) is 0 Å². The highest BCUT2D eigenvalue weighted by atomic mass is 79.9. The van der Waals surface area contributed by atoms with Crippen molar-refractivity contribution in [1.29, 1.82) is 0 Å². The molecular formula is C8H10BrN3O2. The summed E-state index contributed by atoms with van der Waals surface area (Å²) in [6, 6.07) is -1.11. The summed E-state index contributed by atoms with van der Waals surface area (Å²) in [6.45, 7) is 1.89. The van der Waals surface area contributed by atoms with E-state index in [0.717, 1.165) is 0 Å². The highest BCUT2D eigenvalue weighted by molar-refractivity contribution is 9.10. The van der Waals surface area contributed by atoms with E-state index < -0.39 is 12.0 Å². The molecule has 0 saturated carbocycles. The lowest BCUT2D eigenvalue weighted by Gasteiger charge is -2.08. The van der Waals surface area contributed by atoms with Gasteiger partial charge in [0.2, 0.25) is 0 Å². The molecule has 14 heavy (non-hydrogen) atoms. The fourth-order valence-corrected chi connectivity index (χ4v) is 1.36. The van der Waals surface area contributed by atoms with Crippen molar-refractivity contribution in [3.05, 3.63) is 22.2 Å². The summed E-state index contributed by atoms with van der Waals surface area (Å²) in [4.78, 5) is 18.7. The smallest absolute Gasteiger partial charge is 0.326 e. The number of halogens is 1. The molecule has 0 bridgehead atoms. The van der Waals surface area contributed by atoms with E-state index in [4.69, 9.17) is 10.8 Å². The first-order chi connectivity index (χ1) is 6.56. The molecule has 0 fully saturated rings. The van der Waals surface area contributed by atoms with Crippen LogP contribution in [0, 0.1) is 0 Å². The molecule has 0 spiro atoms. The number of nitrogens with zero attached hydrogens (tertiary/aromatic N) is 2. The van der Waals surface area contributed by atoms with Crippen molar-refractivity contribution in [1.82, 2.24) is 9.97 Å². The second-order valence-corrected chi connectivity index (χ2v) is 3.54. The summed E-state index contributed by atoms with van der Waals surface area (Å²) in [5.41, 5.74) is 5.75. The maximum absolute atomic E-state index is 10.6. The van der Waals surface area contributed by atoms with Crippen molar-refractivity contribution in [3.63, 3.8) is 0 Å². The molecule has 6 heteroatoms. The first-order valence-electron chi connectivity index (χ1n) is 4.06. The maximum Gasteiger partial charge on any atom is 0.326 e. The third-order valence-corrected chi connectivity index (χ3v) is 2.31. The molecule has 1 heterocycles. The number of hydrogen-bond acceptors (Lipinski definition) is 4. The number of aliphatic carboxylic acids is 1. The number of aryl methyl sites for hydroxylation is 1. The normalized spacial score (nSPS) is 12.5. The highest BCUT2D eigenvalue weighted by Crippen LogP contribution is 2.19. The van der Waals surface area contributed by atoms with Gasteiger partial charge in [0, 0.05) is 12.6 Å². The SMILES string of the molecule is CCc1ncc(Br)c(C(N)C(=O)O)n1. The minimum absolute atomic E-state index is 0.310. The summed E-state index contributed by atoms with van der Waals surface area (Å²) in [6.07, 6.45) is 2.16. The standard InChI is InChI=1S/C8H10BrN3O2/c1-2-5-11-3-4(9)7(12-5)6(10)8(13)14/h3,6H,2,10H2,1H3,(H,13,14). The zero-order chi connectivity index (χ0) is 10.7. The topological polar surface area (TPSA) is 89.1 Å². The fourth-order valence-electron chi connectivity index (χ4n) is 0.924. The van der Waals surface area contributed by atoms with Crippen LogP contribution in [0.1, 0.15) is 24.5 Å². The number of carboxylic acid groups (broad SMARTS) is 1. The lowest BCUT2D eigenvalue weighted by atomic mass is 10.2. The van der Waals surface area contributed by atoms with Gasteiger partial charge in [0.05, 0.1) is 10.2 Å². The first-order valence-corrected chi connectivity index (χ1v) is 4.85. The summed E-state index contributed by atoms with van der Waals surface area (Å²) in [7, 11) is 0. The van der Waals surface area contributed by atoms with Crippen LogP contribution in [0.15, 0.2) is 10.7 Å². The third kappa shape index (κ3) is 2.27. The second kappa shape index (κ2) is 4.47. The minimum Gasteiger partial charge on any atom is -0.480 e. The lowest BCUT2D eigenvalue weighted by Crippen LogP contribution is -2.23. The van der Waals surface area contributed by atoms with Gasteiger partial charge < -0.3 is 10.8 Å². The van der Waals surface area contributed by atoms with Crippen molar-refractivity contribution >= 4 is 21.9 Å². The van der Waals surface area contributed by atoms with Gasteiger partial charge in [-0.2, -0.15) is 0 Å². The average Bonchev–Trinajstić information content (AvgIpc) is 2.17. The molecule has 0 aliphatic heterocycles. The zero-order valence-electron chi connectivity index (χ0n) is 7.57. The molecule has 1 atom stereocenters. The zero-order valence-corrected chi connectivity index (χ0v) is 9.15. The number of carboxylic acids is 1. The number of aromatic nitrogens is 2. The molecule has 76 valence electrons. The van der Waals surface area contributed by atoms with Gasteiger partial charge in [-0.25, -0.2) is 9.97 Å². The predicted octanol–water partition coefficient (Wildman–Crippen LogP) is 0.886. The highest BCUT2D eigenvalue weighted by Gasteiger charge is 2.19. The molecule has 0 amide bonds. The first kappa shape index (κ1) is 11.1. The van der Waals surface area contributed by atoms with Crippen LogP contribution < -0.4 is 5.73 Å². The van der Waals surface area contributed by atoms with E-state index in [2.05, 4.69) is 25.9 Å². The molecule has 3 N–H and O–H groups in total. The lowest BCUT2D eigenvalue weighted by molar-refractivity contribution is -0.138. The van der Waals surface area contributed by atoms with Crippen LogP contribution in [0.25, 0.3) is 0 Å². The van der Waals surface area contributed by atoms with Crippen LogP contribution in [0.2, 0.25) is 0 Å². The van der Waals surface area contributed by atoms with Crippen LogP contribution in [0.3, 0.4) is 0 Å². The average molecular weight is 260 g/mol. The Morgan fingerprint density at radius 2 is 2.43 bits per heavy atom. The molecule has 0 aliphatic carbocycles. The van der Waals surface area contributed by atoms with E-state index in [1.54, 1.807) is 0 Å². The number of rotatable bonds is 3. The summed E-state index contributed by atoms with van der Waals surface area (Å²) >= 11 is 3.16. The Kier molecular flexibility index (Phi) is 3.54. The Labute approximate surface area is 89.5 Å². The summed E-state index contributed by atoms with van der Waals surface area (Å²) in [5, 5.41) is 8.72. The molecule has 0 radical (unpaired) electrons. The molecule has 0 aliphatic rings. The van der Waals surface area contributed by atoms with Gasteiger partial charge in [-0.05, 0) is 15.9 Å². The number of carbonyl (C=O) groups is 1. The Hall–Kier alpha value is -1.01. The molecule has 1 unspecified atom stereocenters. The van der Waals surface area contributed by atoms with Crippen LogP contribution in [0.5, 0.6) is 0 Å². The van der Waals surface area contributed by atoms with Gasteiger partial charge >= 0.3 is 5.97 Å². The monoisotopic (exact) mass is 259 g/mol. The third-order valence-electron chi connectivity index (χ3n) is 1.70. The van der Waals surface area contributed by atoms with Crippen molar-refractivity contribution in [3.8, 4) is 0 Å². The van der Waals surface area contributed by atoms with E-state index >= 15 is 0 Å². The summed E-state index contributed by atoms with van der Waals surface area (Å²) in [5.74, 6) is -0.522. The predicted molar refractivity (Wildman–Crippen MR) is 53.7 cm³/mol. The number of hydrogen-bond donors (Lipinski definition) is 2. The van der Waals surface area contributed by atoms with Crippen molar-refractivity contribution in [2.24, 2.45) is 5.73 Å². The van der Waals surface area contributed by atoms with Crippen LogP contribution in [-0.4, -0.2) is 21.0 Å². The molecule has 5 nitrogen and oxygen atoms in total. The second-order valence-electron chi connectivity index (χ2n) is 2.69. The Morgan fingerprint density at radius 1 is 1.79 bits per heavy atom.